The fourth-order valence-electron chi connectivity index (χ4n) is 1.36. The van der Waals surface area contributed by atoms with Crippen molar-refractivity contribution < 1.29 is 18.3 Å². The van der Waals surface area contributed by atoms with Gasteiger partial charge in [-0.1, -0.05) is 18.2 Å². The highest BCUT2D eigenvalue weighted by Crippen LogP contribution is 2.22. The van der Waals surface area contributed by atoms with Crippen molar-refractivity contribution in [1.82, 2.24) is 5.32 Å². The van der Waals surface area contributed by atoms with E-state index in [1.807, 2.05) is 0 Å². The zero-order chi connectivity index (χ0) is 12.2. The fourth-order valence-corrected chi connectivity index (χ4v) is 1.36. The molecule has 0 amide bonds. The quantitative estimate of drug-likeness (QED) is 0.838. The zero-order valence-electron chi connectivity index (χ0n) is 8.88. The van der Waals surface area contributed by atoms with Crippen LogP contribution in [-0.4, -0.2) is 17.3 Å². The lowest BCUT2D eigenvalue weighted by Gasteiger charge is -2.16. The summed E-state index contributed by atoms with van der Waals surface area (Å²) in [6.07, 6.45) is -5.04. The Morgan fingerprint density at radius 2 is 1.94 bits per heavy atom. The molecule has 1 unspecified atom stereocenters. The number of phenols is 1. The van der Waals surface area contributed by atoms with E-state index in [1.165, 1.54) is 13.0 Å². The van der Waals surface area contributed by atoms with Crippen LogP contribution in [-0.2, 0) is 6.54 Å². The van der Waals surface area contributed by atoms with Crippen LogP contribution in [0.2, 0.25) is 0 Å². The van der Waals surface area contributed by atoms with E-state index in [0.717, 1.165) is 0 Å². The summed E-state index contributed by atoms with van der Waals surface area (Å²) in [5.74, 6) is 0.0919. The zero-order valence-corrected chi connectivity index (χ0v) is 8.88. The standard InChI is InChI=1S/C11H14F3NO/c1-8(6-11(12,13)14)15-7-9-4-2-3-5-10(9)16/h2-5,8,15-16H,6-7H2,1H3. The Morgan fingerprint density at radius 3 is 2.50 bits per heavy atom. The van der Waals surface area contributed by atoms with Crippen molar-refractivity contribution >= 4 is 0 Å². The number of aromatic hydroxyl groups is 1. The van der Waals surface area contributed by atoms with Crippen LogP contribution in [0.5, 0.6) is 5.75 Å². The van der Waals surface area contributed by atoms with Gasteiger partial charge in [-0.2, -0.15) is 13.2 Å². The van der Waals surface area contributed by atoms with Gasteiger partial charge in [0.05, 0.1) is 6.42 Å². The number of halogens is 3. The molecule has 0 heterocycles. The SMILES string of the molecule is CC(CC(F)(F)F)NCc1ccccc1O. The predicted molar refractivity (Wildman–Crippen MR) is 55.1 cm³/mol. The van der Waals surface area contributed by atoms with Crippen LogP contribution in [0, 0.1) is 0 Å². The van der Waals surface area contributed by atoms with Gasteiger partial charge >= 0.3 is 6.18 Å². The lowest BCUT2D eigenvalue weighted by Crippen LogP contribution is -2.30. The van der Waals surface area contributed by atoms with Gasteiger partial charge in [-0.25, -0.2) is 0 Å². The lowest BCUT2D eigenvalue weighted by atomic mass is 10.1. The van der Waals surface area contributed by atoms with E-state index in [9.17, 15) is 18.3 Å². The van der Waals surface area contributed by atoms with E-state index in [-0.39, 0.29) is 12.3 Å². The molecule has 1 aromatic rings. The summed E-state index contributed by atoms with van der Waals surface area (Å²) in [6.45, 7) is 1.69. The Morgan fingerprint density at radius 1 is 1.31 bits per heavy atom. The molecule has 0 spiro atoms. The normalized spacial score (nSPS) is 13.8. The second-order valence-electron chi connectivity index (χ2n) is 3.73. The van der Waals surface area contributed by atoms with Gasteiger partial charge in [0.2, 0.25) is 0 Å². The average molecular weight is 233 g/mol. The number of rotatable bonds is 4. The van der Waals surface area contributed by atoms with Crippen molar-refractivity contribution in [3.8, 4) is 5.75 Å². The molecule has 2 N–H and O–H groups in total. The molecule has 90 valence electrons. The van der Waals surface area contributed by atoms with Crippen LogP contribution < -0.4 is 5.32 Å². The molecule has 0 aliphatic heterocycles. The maximum Gasteiger partial charge on any atom is 0.390 e. The molecular formula is C11H14F3NO. The molecule has 0 bridgehead atoms. The number of hydrogen-bond donors (Lipinski definition) is 2. The molecule has 5 heteroatoms. The molecule has 0 radical (unpaired) electrons. The first kappa shape index (κ1) is 12.8. The summed E-state index contributed by atoms with van der Waals surface area (Å²) < 4.78 is 36.1. The van der Waals surface area contributed by atoms with E-state index in [1.54, 1.807) is 18.2 Å². The van der Waals surface area contributed by atoms with Gasteiger partial charge in [0.25, 0.3) is 0 Å². The average Bonchev–Trinajstić information content (AvgIpc) is 2.14. The van der Waals surface area contributed by atoms with E-state index >= 15 is 0 Å². The van der Waals surface area contributed by atoms with Crippen LogP contribution in [0.4, 0.5) is 13.2 Å². The minimum Gasteiger partial charge on any atom is -0.508 e. The summed E-state index contributed by atoms with van der Waals surface area (Å²) in [5.41, 5.74) is 0.594. The molecule has 1 aromatic carbocycles. The van der Waals surface area contributed by atoms with Crippen molar-refractivity contribution in [2.75, 3.05) is 0 Å². The van der Waals surface area contributed by atoms with Crippen LogP contribution in [0.15, 0.2) is 24.3 Å². The van der Waals surface area contributed by atoms with Crippen molar-refractivity contribution in [3.63, 3.8) is 0 Å². The highest BCUT2D eigenvalue weighted by molar-refractivity contribution is 5.31. The third kappa shape index (κ3) is 4.53. The van der Waals surface area contributed by atoms with E-state index in [0.29, 0.717) is 5.56 Å². The number of hydrogen-bond acceptors (Lipinski definition) is 2. The molecule has 16 heavy (non-hydrogen) atoms. The summed E-state index contributed by atoms with van der Waals surface area (Å²) in [4.78, 5) is 0. The Balaban J connectivity index is 2.43. The van der Waals surface area contributed by atoms with Gasteiger partial charge in [0.15, 0.2) is 0 Å². The monoisotopic (exact) mass is 233 g/mol. The van der Waals surface area contributed by atoms with Crippen LogP contribution in [0.25, 0.3) is 0 Å². The summed E-state index contributed by atoms with van der Waals surface area (Å²) in [6, 6.07) is 5.90. The Hall–Kier alpha value is -1.23. The Bertz CT molecular complexity index is 338. The van der Waals surface area contributed by atoms with Crippen LogP contribution in [0.1, 0.15) is 18.9 Å². The first-order valence-electron chi connectivity index (χ1n) is 4.95. The number of phenolic OH excluding ortho intramolecular Hbond substituents is 1. The third-order valence-electron chi connectivity index (χ3n) is 2.17. The van der Waals surface area contributed by atoms with Crippen molar-refractivity contribution in [2.45, 2.75) is 32.1 Å². The van der Waals surface area contributed by atoms with Crippen molar-refractivity contribution in [2.24, 2.45) is 0 Å². The van der Waals surface area contributed by atoms with E-state index in [2.05, 4.69) is 5.32 Å². The van der Waals surface area contributed by atoms with E-state index < -0.39 is 18.6 Å². The summed E-state index contributed by atoms with van der Waals surface area (Å²) >= 11 is 0. The minimum absolute atomic E-state index is 0.0919. The van der Waals surface area contributed by atoms with Crippen molar-refractivity contribution in [1.29, 1.82) is 0 Å². The van der Waals surface area contributed by atoms with Crippen molar-refractivity contribution in [3.05, 3.63) is 29.8 Å². The van der Waals surface area contributed by atoms with Gasteiger partial charge < -0.3 is 10.4 Å². The molecule has 0 saturated carbocycles. The Labute approximate surface area is 92.1 Å². The number of para-hydroxylation sites is 1. The highest BCUT2D eigenvalue weighted by atomic mass is 19.4. The van der Waals surface area contributed by atoms with Gasteiger partial charge in [0.1, 0.15) is 5.75 Å². The molecular weight excluding hydrogens is 219 g/mol. The molecule has 1 rings (SSSR count). The smallest absolute Gasteiger partial charge is 0.390 e. The molecule has 0 fully saturated rings. The molecule has 1 atom stereocenters. The van der Waals surface area contributed by atoms with Gasteiger partial charge in [0, 0.05) is 18.2 Å². The van der Waals surface area contributed by atoms with E-state index in [4.69, 9.17) is 0 Å². The van der Waals surface area contributed by atoms with Gasteiger partial charge in [-0.15, -0.1) is 0 Å². The molecule has 0 saturated heterocycles. The third-order valence-corrected chi connectivity index (χ3v) is 2.17. The highest BCUT2D eigenvalue weighted by Gasteiger charge is 2.29. The molecule has 0 aliphatic carbocycles. The van der Waals surface area contributed by atoms with Crippen LogP contribution >= 0.6 is 0 Å². The molecule has 0 aromatic heterocycles. The van der Waals surface area contributed by atoms with Gasteiger partial charge in [-0.3, -0.25) is 0 Å². The second kappa shape index (κ2) is 5.21. The Kier molecular flexibility index (Phi) is 4.18. The fraction of sp³-hybridized carbons (Fsp3) is 0.455. The molecule has 2 nitrogen and oxygen atoms in total. The largest absolute Gasteiger partial charge is 0.508 e. The number of benzene rings is 1. The number of alkyl halides is 3. The predicted octanol–water partition coefficient (Wildman–Crippen LogP) is 2.82. The first-order valence-corrected chi connectivity index (χ1v) is 4.95. The minimum atomic E-state index is -4.16. The number of nitrogens with one attached hydrogen (secondary N) is 1. The lowest BCUT2D eigenvalue weighted by molar-refractivity contribution is -0.139. The summed E-state index contributed by atoms with van der Waals surface area (Å²) in [7, 11) is 0. The van der Waals surface area contributed by atoms with Crippen LogP contribution in [0.3, 0.4) is 0 Å². The first-order chi connectivity index (χ1) is 7.38. The molecule has 0 aliphatic rings. The topological polar surface area (TPSA) is 32.3 Å². The summed E-state index contributed by atoms with van der Waals surface area (Å²) in [5, 5.41) is 12.1. The maximum atomic E-state index is 12.0. The second-order valence-corrected chi connectivity index (χ2v) is 3.73. The van der Waals surface area contributed by atoms with Gasteiger partial charge in [-0.05, 0) is 13.0 Å². The maximum absolute atomic E-state index is 12.0.